The first-order valence-corrected chi connectivity index (χ1v) is 6.17. The lowest BCUT2D eigenvalue weighted by molar-refractivity contribution is -0.0493. The van der Waals surface area contributed by atoms with Crippen LogP contribution in [-0.4, -0.2) is 17.7 Å². The fraction of sp³-hybridized carbons (Fsp3) is 0.133. The van der Waals surface area contributed by atoms with E-state index >= 15 is 0 Å². The highest BCUT2D eigenvalue weighted by Crippen LogP contribution is 2.26. The minimum absolute atomic E-state index is 0.0142. The quantitative estimate of drug-likeness (QED) is 0.854. The van der Waals surface area contributed by atoms with Gasteiger partial charge in [0.2, 0.25) is 0 Å². The Balaban J connectivity index is 2.15. The number of rotatable bonds is 6. The first-order chi connectivity index (χ1) is 10.1. The Kier molecular flexibility index (Phi) is 4.71. The molecule has 0 spiro atoms. The molecule has 2 N–H and O–H groups in total. The summed E-state index contributed by atoms with van der Waals surface area (Å²) >= 11 is 0. The highest BCUT2D eigenvalue weighted by molar-refractivity contribution is 5.89. The number of hydrogen-bond acceptors (Lipinski definition) is 3. The molecule has 2 rings (SSSR count). The van der Waals surface area contributed by atoms with Crippen molar-refractivity contribution in [2.24, 2.45) is 0 Å². The smallest absolute Gasteiger partial charge is 0.387 e. The van der Waals surface area contributed by atoms with Crippen LogP contribution in [0.25, 0.3) is 0 Å². The number of carbonyl (C=O) groups is 1. The van der Waals surface area contributed by atoms with E-state index in [2.05, 4.69) is 10.1 Å². The zero-order chi connectivity index (χ0) is 15.2. The Morgan fingerprint density at radius 2 is 1.81 bits per heavy atom. The van der Waals surface area contributed by atoms with E-state index in [-0.39, 0.29) is 17.9 Å². The van der Waals surface area contributed by atoms with Crippen molar-refractivity contribution < 1.29 is 23.4 Å². The van der Waals surface area contributed by atoms with E-state index in [1.807, 2.05) is 0 Å². The number of aromatic carboxylic acids is 1. The van der Waals surface area contributed by atoms with E-state index in [1.54, 1.807) is 36.4 Å². The summed E-state index contributed by atoms with van der Waals surface area (Å²) in [6.07, 6.45) is 0. The highest BCUT2D eigenvalue weighted by atomic mass is 19.3. The minimum Gasteiger partial charge on any atom is -0.478 e. The third-order valence-corrected chi connectivity index (χ3v) is 2.82. The van der Waals surface area contributed by atoms with Crippen LogP contribution in [0.5, 0.6) is 5.75 Å². The molecule has 4 nitrogen and oxygen atoms in total. The first kappa shape index (κ1) is 14.8. The SMILES string of the molecule is O=C(O)c1ccccc1CNc1ccccc1OC(F)F. The predicted octanol–water partition coefficient (Wildman–Crippen LogP) is 3.60. The standard InChI is InChI=1S/C15H13F2NO3/c16-15(17)21-13-8-4-3-7-12(13)18-9-10-5-1-2-6-11(10)14(19)20/h1-8,15,18H,9H2,(H,19,20). The van der Waals surface area contributed by atoms with Crippen LogP contribution in [0.1, 0.15) is 15.9 Å². The fourth-order valence-corrected chi connectivity index (χ4v) is 1.88. The average Bonchev–Trinajstić information content (AvgIpc) is 2.46. The van der Waals surface area contributed by atoms with E-state index in [9.17, 15) is 13.6 Å². The lowest BCUT2D eigenvalue weighted by atomic mass is 10.1. The third-order valence-electron chi connectivity index (χ3n) is 2.82. The van der Waals surface area contributed by atoms with Gasteiger partial charge in [0.25, 0.3) is 0 Å². The van der Waals surface area contributed by atoms with Crippen LogP contribution in [0, 0.1) is 0 Å². The van der Waals surface area contributed by atoms with Gasteiger partial charge >= 0.3 is 12.6 Å². The predicted molar refractivity (Wildman–Crippen MR) is 73.8 cm³/mol. The number of ether oxygens (including phenoxy) is 1. The zero-order valence-corrected chi connectivity index (χ0v) is 10.9. The van der Waals surface area contributed by atoms with Crippen LogP contribution in [0.15, 0.2) is 48.5 Å². The van der Waals surface area contributed by atoms with Crippen LogP contribution in [-0.2, 0) is 6.54 Å². The van der Waals surface area contributed by atoms with E-state index in [4.69, 9.17) is 5.11 Å². The molecular formula is C15H13F2NO3. The van der Waals surface area contributed by atoms with Gasteiger partial charge in [0.15, 0.2) is 0 Å². The lowest BCUT2D eigenvalue weighted by Crippen LogP contribution is -2.09. The summed E-state index contributed by atoms with van der Waals surface area (Å²) in [5.74, 6) is -1.02. The van der Waals surface area contributed by atoms with Gasteiger partial charge in [0.1, 0.15) is 5.75 Å². The van der Waals surface area contributed by atoms with E-state index in [1.165, 1.54) is 12.1 Å². The fourth-order valence-electron chi connectivity index (χ4n) is 1.88. The second-order valence-corrected chi connectivity index (χ2v) is 4.19. The van der Waals surface area contributed by atoms with Crippen molar-refractivity contribution in [3.63, 3.8) is 0 Å². The van der Waals surface area contributed by atoms with Crippen molar-refractivity contribution in [1.29, 1.82) is 0 Å². The molecule has 0 aliphatic rings. The normalized spacial score (nSPS) is 10.4. The maximum Gasteiger partial charge on any atom is 0.387 e. The van der Waals surface area contributed by atoms with Gasteiger partial charge in [-0.15, -0.1) is 0 Å². The van der Waals surface area contributed by atoms with Crippen molar-refractivity contribution in [1.82, 2.24) is 0 Å². The van der Waals surface area contributed by atoms with Gasteiger partial charge in [-0.2, -0.15) is 8.78 Å². The largest absolute Gasteiger partial charge is 0.478 e. The van der Waals surface area contributed by atoms with Gasteiger partial charge in [0, 0.05) is 6.54 Å². The molecule has 110 valence electrons. The van der Waals surface area contributed by atoms with Gasteiger partial charge in [0.05, 0.1) is 11.3 Å². The number of para-hydroxylation sites is 2. The van der Waals surface area contributed by atoms with Gasteiger partial charge in [-0.3, -0.25) is 0 Å². The van der Waals surface area contributed by atoms with Crippen LogP contribution < -0.4 is 10.1 Å². The molecule has 0 heterocycles. The van der Waals surface area contributed by atoms with Crippen molar-refractivity contribution in [2.75, 3.05) is 5.32 Å². The first-order valence-electron chi connectivity index (χ1n) is 6.17. The number of anilines is 1. The topological polar surface area (TPSA) is 58.6 Å². The van der Waals surface area contributed by atoms with Gasteiger partial charge in [-0.05, 0) is 23.8 Å². The molecule has 0 saturated heterocycles. The Labute approximate surface area is 120 Å². The van der Waals surface area contributed by atoms with E-state index in [0.717, 1.165) is 0 Å². The monoisotopic (exact) mass is 293 g/mol. The van der Waals surface area contributed by atoms with Crippen molar-refractivity contribution >= 4 is 11.7 Å². The number of carboxylic acids is 1. The van der Waals surface area contributed by atoms with Gasteiger partial charge < -0.3 is 15.2 Å². The molecule has 2 aromatic carbocycles. The summed E-state index contributed by atoms with van der Waals surface area (Å²) in [5.41, 5.74) is 1.09. The second-order valence-electron chi connectivity index (χ2n) is 4.19. The molecule has 0 atom stereocenters. The van der Waals surface area contributed by atoms with Gasteiger partial charge in [-0.25, -0.2) is 4.79 Å². The number of hydrogen-bond donors (Lipinski definition) is 2. The Morgan fingerprint density at radius 1 is 1.14 bits per heavy atom. The summed E-state index contributed by atoms with van der Waals surface area (Å²) in [6, 6.07) is 12.7. The van der Waals surface area contributed by atoms with Gasteiger partial charge in [-0.1, -0.05) is 30.3 Å². The van der Waals surface area contributed by atoms with Crippen molar-refractivity contribution in [3.8, 4) is 5.75 Å². The molecule has 0 aliphatic carbocycles. The maximum absolute atomic E-state index is 12.3. The molecule has 2 aromatic rings. The van der Waals surface area contributed by atoms with Crippen molar-refractivity contribution in [2.45, 2.75) is 13.2 Å². The van der Waals surface area contributed by atoms with Crippen LogP contribution in [0.3, 0.4) is 0 Å². The zero-order valence-electron chi connectivity index (χ0n) is 10.9. The minimum atomic E-state index is -2.92. The molecule has 0 amide bonds. The summed E-state index contributed by atoms with van der Waals surface area (Å²) < 4.78 is 29.0. The number of alkyl halides is 2. The molecule has 0 aromatic heterocycles. The molecule has 0 radical (unpaired) electrons. The lowest BCUT2D eigenvalue weighted by Gasteiger charge is -2.13. The molecule has 6 heteroatoms. The number of benzene rings is 2. The summed E-state index contributed by atoms with van der Waals surface area (Å²) in [6.45, 7) is -2.73. The van der Waals surface area contributed by atoms with Crippen LogP contribution in [0.2, 0.25) is 0 Å². The third kappa shape index (κ3) is 3.92. The average molecular weight is 293 g/mol. The Hall–Kier alpha value is -2.63. The molecular weight excluding hydrogens is 280 g/mol. The Bertz CT molecular complexity index is 632. The summed E-state index contributed by atoms with van der Waals surface area (Å²) in [7, 11) is 0. The summed E-state index contributed by atoms with van der Waals surface area (Å²) in [4.78, 5) is 11.1. The summed E-state index contributed by atoms with van der Waals surface area (Å²) in [5, 5.41) is 12.0. The van der Waals surface area contributed by atoms with E-state index < -0.39 is 12.6 Å². The molecule has 0 unspecified atom stereocenters. The number of halogens is 2. The molecule has 0 bridgehead atoms. The molecule has 0 fully saturated rings. The maximum atomic E-state index is 12.3. The molecule has 0 aliphatic heterocycles. The molecule has 0 saturated carbocycles. The van der Waals surface area contributed by atoms with E-state index in [0.29, 0.717) is 11.3 Å². The van der Waals surface area contributed by atoms with Crippen LogP contribution in [0.4, 0.5) is 14.5 Å². The van der Waals surface area contributed by atoms with Crippen LogP contribution >= 0.6 is 0 Å². The highest BCUT2D eigenvalue weighted by Gasteiger charge is 2.11. The second kappa shape index (κ2) is 6.69. The molecule has 21 heavy (non-hydrogen) atoms. The Morgan fingerprint density at radius 3 is 2.52 bits per heavy atom. The number of carboxylic acid groups (broad SMARTS) is 1. The number of nitrogens with one attached hydrogen (secondary N) is 1. The van der Waals surface area contributed by atoms with Crippen molar-refractivity contribution in [3.05, 3.63) is 59.7 Å².